The van der Waals surface area contributed by atoms with Gasteiger partial charge < -0.3 is 15.2 Å². The predicted octanol–water partition coefficient (Wildman–Crippen LogP) is 3.36. The average Bonchev–Trinajstić information content (AvgIpc) is 2.58. The zero-order chi connectivity index (χ0) is 20.1. The van der Waals surface area contributed by atoms with Gasteiger partial charge in [0.05, 0.1) is 5.56 Å². The van der Waals surface area contributed by atoms with Crippen LogP contribution in [0.1, 0.15) is 45.7 Å². The molecule has 0 fully saturated rings. The quantitative estimate of drug-likeness (QED) is 0.602. The number of ether oxygens (including phenoxy) is 1. The lowest BCUT2D eigenvalue weighted by Crippen LogP contribution is -2.46. The van der Waals surface area contributed by atoms with Crippen molar-refractivity contribution in [3.8, 4) is 5.75 Å². The van der Waals surface area contributed by atoms with E-state index in [-0.39, 0.29) is 17.0 Å². The molecule has 0 aliphatic rings. The second kappa shape index (κ2) is 8.49. The smallest absolute Gasteiger partial charge is 0.335 e. The Morgan fingerprint density at radius 3 is 1.93 bits per heavy atom. The van der Waals surface area contributed by atoms with E-state index in [9.17, 15) is 14.4 Å². The zero-order valence-electron chi connectivity index (χ0n) is 15.8. The summed E-state index contributed by atoms with van der Waals surface area (Å²) in [4.78, 5) is 35.9. The molecule has 2 aromatic carbocycles. The Labute approximate surface area is 158 Å². The number of esters is 1. The van der Waals surface area contributed by atoms with Gasteiger partial charge in [0.2, 0.25) is 0 Å². The van der Waals surface area contributed by atoms with Crippen molar-refractivity contribution in [2.24, 2.45) is 5.92 Å². The number of amides is 1. The molecule has 6 nitrogen and oxygen atoms in total. The summed E-state index contributed by atoms with van der Waals surface area (Å²) >= 11 is 0. The minimum absolute atomic E-state index is 0.0844. The van der Waals surface area contributed by atoms with Gasteiger partial charge in [-0.1, -0.05) is 19.9 Å². The molecule has 142 valence electrons. The minimum Gasteiger partial charge on any atom is -0.478 e. The molecule has 0 spiro atoms. The Morgan fingerprint density at radius 1 is 0.926 bits per heavy atom. The van der Waals surface area contributed by atoms with Crippen molar-refractivity contribution in [1.82, 2.24) is 5.32 Å². The van der Waals surface area contributed by atoms with E-state index in [1.54, 1.807) is 26.0 Å². The van der Waals surface area contributed by atoms with Crippen molar-refractivity contribution in [2.45, 2.75) is 33.7 Å². The molecule has 0 aliphatic carbocycles. The highest BCUT2D eigenvalue weighted by molar-refractivity contribution is 5.98. The third-order valence-electron chi connectivity index (χ3n) is 4.01. The zero-order valence-corrected chi connectivity index (χ0v) is 15.8. The fourth-order valence-electron chi connectivity index (χ4n) is 2.66. The predicted molar refractivity (Wildman–Crippen MR) is 101 cm³/mol. The Bertz CT molecular complexity index is 835. The summed E-state index contributed by atoms with van der Waals surface area (Å²) in [6.07, 6.45) is 0. The standard InChI is InChI=1S/C21H23NO5/c1-12(2)18(21(26)27-17-10-13(3)9-14(4)11-17)22-19(23)15-5-7-16(8-6-15)20(24)25/h5-12,18H,1-4H3,(H,22,23)(H,24,25)/t18-/m0/s1. The van der Waals surface area contributed by atoms with Crippen LogP contribution in [0.15, 0.2) is 42.5 Å². The maximum absolute atomic E-state index is 12.6. The van der Waals surface area contributed by atoms with Crippen LogP contribution in [0.2, 0.25) is 0 Å². The number of hydrogen-bond acceptors (Lipinski definition) is 4. The maximum Gasteiger partial charge on any atom is 0.335 e. The first-order chi connectivity index (χ1) is 12.7. The lowest BCUT2D eigenvalue weighted by atomic mass is 10.0. The van der Waals surface area contributed by atoms with Crippen LogP contribution in [0.3, 0.4) is 0 Å². The molecule has 1 amide bonds. The van der Waals surface area contributed by atoms with Gasteiger partial charge in [-0.05, 0) is 67.3 Å². The third-order valence-corrected chi connectivity index (χ3v) is 4.01. The average molecular weight is 369 g/mol. The number of carbonyl (C=O) groups excluding carboxylic acids is 2. The van der Waals surface area contributed by atoms with E-state index in [4.69, 9.17) is 9.84 Å². The maximum atomic E-state index is 12.6. The molecule has 0 aromatic heterocycles. The summed E-state index contributed by atoms with van der Waals surface area (Å²) in [6, 6.07) is 10.2. The van der Waals surface area contributed by atoms with E-state index < -0.39 is 23.9 Å². The number of benzene rings is 2. The monoisotopic (exact) mass is 369 g/mol. The van der Waals surface area contributed by atoms with Crippen molar-refractivity contribution in [1.29, 1.82) is 0 Å². The highest BCUT2D eigenvalue weighted by atomic mass is 16.5. The summed E-state index contributed by atoms with van der Waals surface area (Å²) in [5, 5.41) is 11.6. The first-order valence-corrected chi connectivity index (χ1v) is 8.61. The van der Waals surface area contributed by atoms with Gasteiger partial charge in [0.15, 0.2) is 0 Å². The van der Waals surface area contributed by atoms with Crippen LogP contribution in [-0.2, 0) is 4.79 Å². The molecule has 0 saturated heterocycles. The Balaban J connectivity index is 2.12. The lowest BCUT2D eigenvalue weighted by Gasteiger charge is -2.21. The van der Waals surface area contributed by atoms with E-state index in [0.717, 1.165) is 11.1 Å². The van der Waals surface area contributed by atoms with E-state index in [2.05, 4.69) is 5.32 Å². The van der Waals surface area contributed by atoms with E-state index >= 15 is 0 Å². The molecule has 1 atom stereocenters. The van der Waals surface area contributed by atoms with Crippen LogP contribution in [0, 0.1) is 19.8 Å². The summed E-state index contributed by atoms with van der Waals surface area (Å²) in [7, 11) is 0. The number of hydrogen-bond donors (Lipinski definition) is 2. The molecule has 6 heteroatoms. The first kappa shape index (κ1) is 20.2. The van der Waals surface area contributed by atoms with E-state index in [1.165, 1.54) is 24.3 Å². The normalized spacial score (nSPS) is 11.7. The van der Waals surface area contributed by atoms with Crippen molar-refractivity contribution < 1.29 is 24.2 Å². The molecule has 0 bridgehead atoms. The Morgan fingerprint density at radius 2 is 1.44 bits per heavy atom. The van der Waals surface area contributed by atoms with Crippen LogP contribution in [0.5, 0.6) is 5.75 Å². The summed E-state index contributed by atoms with van der Waals surface area (Å²) in [5.41, 5.74) is 2.30. The first-order valence-electron chi connectivity index (χ1n) is 8.61. The number of aromatic carboxylic acids is 1. The second-order valence-corrected chi connectivity index (χ2v) is 6.82. The number of nitrogens with one attached hydrogen (secondary N) is 1. The Hall–Kier alpha value is -3.15. The summed E-state index contributed by atoms with van der Waals surface area (Å²) in [5.74, 6) is -1.85. The van der Waals surface area contributed by atoms with Crippen LogP contribution < -0.4 is 10.1 Å². The van der Waals surface area contributed by atoms with Crippen molar-refractivity contribution in [3.05, 3.63) is 64.7 Å². The second-order valence-electron chi connectivity index (χ2n) is 6.82. The molecular formula is C21H23NO5. The molecule has 27 heavy (non-hydrogen) atoms. The van der Waals surface area contributed by atoms with Crippen molar-refractivity contribution >= 4 is 17.8 Å². The van der Waals surface area contributed by atoms with Crippen LogP contribution >= 0.6 is 0 Å². The Kier molecular flexibility index (Phi) is 6.34. The van der Waals surface area contributed by atoms with Crippen LogP contribution in [-0.4, -0.2) is 29.0 Å². The molecule has 2 N–H and O–H groups in total. The number of carbonyl (C=O) groups is 3. The van der Waals surface area contributed by atoms with Crippen LogP contribution in [0.25, 0.3) is 0 Å². The fraction of sp³-hybridized carbons (Fsp3) is 0.286. The largest absolute Gasteiger partial charge is 0.478 e. The molecule has 0 heterocycles. The van der Waals surface area contributed by atoms with Gasteiger partial charge in [-0.3, -0.25) is 4.79 Å². The topological polar surface area (TPSA) is 92.7 Å². The number of rotatable bonds is 6. The molecule has 0 radical (unpaired) electrons. The number of carboxylic acids is 1. The molecule has 0 aliphatic heterocycles. The fourth-order valence-corrected chi connectivity index (χ4v) is 2.66. The third kappa shape index (κ3) is 5.41. The van der Waals surface area contributed by atoms with E-state index in [1.807, 2.05) is 19.9 Å². The van der Waals surface area contributed by atoms with E-state index in [0.29, 0.717) is 5.75 Å². The van der Waals surface area contributed by atoms with Gasteiger partial charge in [-0.15, -0.1) is 0 Å². The molecule has 2 rings (SSSR count). The molecular weight excluding hydrogens is 346 g/mol. The van der Waals surface area contributed by atoms with Gasteiger partial charge in [0.25, 0.3) is 5.91 Å². The van der Waals surface area contributed by atoms with Crippen LogP contribution in [0.4, 0.5) is 0 Å². The highest BCUT2D eigenvalue weighted by Gasteiger charge is 2.27. The number of carboxylic acid groups (broad SMARTS) is 1. The molecule has 0 unspecified atom stereocenters. The SMILES string of the molecule is Cc1cc(C)cc(OC(=O)[C@@H](NC(=O)c2ccc(C(=O)O)cc2)C(C)C)c1. The van der Waals surface area contributed by atoms with Crippen molar-refractivity contribution in [2.75, 3.05) is 0 Å². The van der Waals surface area contributed by atoms with Gasteiger partial charge in [0.1, 0.15) is 11.8 Å². The number of aryl methyl sites for hydroxylation is 2. The highest BCUT2D eigenvalue weighted by Crippen LogP contribution is 2.18. The van der Waals surface area contributed by atoms with Crippen molar-refractivity contribution in [3.63, 3.8) is 0 Å². The van der Waals surface area contributed by atoms with Gasteiger partial charge in [0, 0.05) is 5.56 Å². The summed E-state index contributed by atoms with van der Waals surface area (Å²) < 4.78 is 5.46. The van der Waals surface area contributed by atoms with Gasteiger partial charge in [-0.2, -0.15) is 0 Å². The van der Waals surface area contributed by atoms with Gasteiger partial charge in [-0.25, -0.2) is 9.59 Å². The summed E-state index contributed by atoms with van der Waals surface area (Å²) in [6.45, 7) is 7.43. The van der Waals surface area contributed by atoms with Gasteiger partial charge >= 0.3 is 11.9 Å². The lowest BCUT2D eigenvalue weighted by molar-refractivity contribution is -0.137. The minimum atomic E-state index is -1.07. The molecule has 0 saturated carbocycles. The molecule has 2 aromatic rings.